The van der Waals surface area contributed by atoms with Crippen LogP contribution in [-0.2, 0) is 24.4 Å². The number of rotatable bonds is 12. The molecule has 0 saturated carbocycles. The molecule has 0 amide bonds. The molecule has 1 unspecified atom stereocenters. The van der Waals surface area contributed by atoms with E-state index in [-0.39, 0.29) is 24.9 Å². The van der Waals surface area contributed by atoms with Crippen LogP contribution < -0.4 is 4.72 Å². The van der Waals surface area contributed by atoms with Gasteiger partial charge in [-0.3, -0.25) is 9.63 Å². The molecule has 0 aromatic rings. The average molecular weight is 324 g/mol. The molecule has 0 saturated heterocycles. The molecule has 7 nitrogen and oxygen atoms in total. The number of ether oxygens (including phenoxy) is 1. The van der Waals surface area contributed by atoms with Gasteiger partial charge in [0, 0.05) is 26.1 Å². The molecule has 0 aliphatic carbocycles. The first-order valence-electron chi connectivity index (χ1n) is 7.10. The Bertz CT molecular complexity index is 397. The fraction of sp³-hybridized carbons (Fsp3) is 0.923. The van der Waals surface area contributed by atoms with Crippen LogP contribution in [0.5, 0.6) is 0 Å². The van der Waals surface area contributed by atoms with Gasteiger partial charge in [-0.15, -0.1) is 0 Å². The van der Waals surface area contributed by atoms with Crippen LogP contribution in [0.3, 0.4) is 0 Å². The Kier molecular flexibility index (Phi) is 9.97. The van der Waals surface area contributed by atoms with Crippen molar-refractivity contribution in [3.63, 3.8) is 0 Å². The third-order valence-electron chi connectivity index (χ3n) is 2.75. The molecule has 0 aromatic carbocycles. The first-order chi connectivity index (χ1) is 9.71. The van der Waals surface area contributed by atoms with Crippen molar-refractivity contribution in [1.29, 1.82) is 0 Å². The number of hydrogen-bond acceptors (Lipinski definition) is 6. The number of hydroxylamine groups is 2. The fourth-order valence-electron chi connectivity index (χ4n) is 1.70. The number of hydrogen-bond donors (Lipinski definition) is 1. The van der Waals surface area contributed by atoms with Crippen molar-refractivity contribution in [3.8, 4) is 0 Å². The molecule has 1 N–H and O–H groups in total. The highest BCUT2D eigenvalue weighted by Gasteiger charge is 2.23. The zero-order chi connectivity index (χ0) is 16.5. The molecule has 0 fully saturated rings. The molecule has 8 heteroatoms. The molecule has 0 aliphatic rings. The van der Waals surface area contributed by atoms with Gasteiger partial charge in [-0.25, -0.2) is 13.1 Å². The summed E-state index contributed by atoms with van der Waals surface area (Å²) in [5.41, 5.74) is 0. The van der Waals surface area contributed by atoms with Crippen LogP contribution >= 0.6 is 0 Å². The second kappa shape index (κ2) is 10.2. The van der Waals surface area contributed by atoms with Gasteiger partial charge in [-0.2, -0.15) is 5.06 Å². The SMILES string of the molecule is CCCN(CC(OC)C(=O)C(C)C)OCCNS(C)(=O)=O. The molecule has 21 heavy (non-hydrogen) atoms. The van der Waals surface area contributed by atoms with Gasteiger partial charge >= 0.3 is 0 Å². The van der Waals surface area contributed by atoms with E-state index >= 15 is 0 Å². The zero-order valence-electron chi connectivity index (χ0n) is 13.6. The van der Waals surface area contributed by atoms with Crippen LogP contribution in [0.1, 0.15) is 27.2 Å². The van der Waals surface area contributed by atoms with Gasteiger partial charge < -0.3 is 4.74 Å². The summed E-state index contributed by atoms with van der Waals surface area (Å²) in [6.45, 7) is 7.03. The lowest BCUT2D eigenvalue weighted by Crippen LogP contribution is -2.41. The number of sulfonamides is 1. The van der Waals surface area contributed by atoms with Gasteiger partial charge in [0.2, 0.25) is 10.0 Å². The van der Waals surface area contributed by atoms with Crippen LogP contribution in [0.15, 0.2) is 0 Å². The Labute approximate surface area is 128 Å². The number of ketones is 1. The van der Waals surface area contributed by atoms with Crippen molar-refractivity contribution in [3.05, 3.63) is 0 Å². The Morgan fingerprint density at radius 3 is 2.38 bits per heavy atom. The average Bonchev–Trinajstić information content (AvgIpc) is 2.38. The van der Waals surface area contributed by atoms with Gasteiger partial charge in [0.05, 0.1) is 19.4 Å². The maximum Gasteiger partial charge on any atom is 0.208 e. The molecule has 126 valence electrons. The van der Waals surface area contributed by atoms with E-state index < -0.39 is 16.1 Å². The summed E-state index contributed by atoms with van der Waals surface area (Å²) >= 11 is 0. The topological polar surface area (TPSA) is 84.9 Å². The minimum absolute atomic E-state index is 0.0245. The van der Waals surface area contributed by atoms with Crippen LogP contribution in [0.25, 0.3) is 0 Å². The molecule has 0 bridgehead atoms. The van der Waals surface area contributed by atoms with Gasteiger partial charge in [0.15, 0.2) is 5.78 Å². The third kappa shape index (κ3) is 9.92. The number of nitrogens with one attached hydrogen (secondary N) is 1. The molecule has 0 spiro atoms. The summed E-state index contributed by atoms with van der Waals surface area (Å²) in [6.07, 6.45) is 1.41. The van der Waals surface area contributed by atoms with E-state index in [2.05, 4.69) is 4.72 Å². The van der Waals surface area contributed by atoms with Crippen molar-refractivity contribution < 1.29 is 22.8 Å². The third-order valence-corrected chi connectivity index (χ3v) is 3.48. The summed E-state index contributed by atoms with van der Waals surface area (Å²) in [4.78, 5) is 17.5. The smallest absolute Gasteiger partial charge is 0.208 e. The van der Waals surface area contributed by atoms with Crippen molar-refractivity contribution in [1.82, 2.24) is 9.79 Å². The first-order valence-corrected chi connectivity index (χ1v) is 8.99. The van der Waals surface area contributed by atoms with E-state index in [0.29, 0.717) is 13.1 Å². The van der Waals surface area contributed by atoms with Gasteiger partial charge in [-0.05, 0) is 6.42 Å². The Balaban J connectivity index is 4.36. The Morgan fingerprint density at radius 1 is 1.33 bits per heavy atom. The lowest BCUT2D eigenvalue weighted by molar-refractivity contribution is -0.178. The molecule has 0 radical (unpaired) electrons. The molecule has 1 atom stereocenters. The molecular weight excluding hydrogens is 296 g/mol. The molecule has 0 aliphatic heterocycles. The summed E-state index contributed by atoms with van der Waals surface area (Å²) in [5.74, 6) is -0.0817. The van der Waals surface area contributed by atoms with E-state index in [1.54, 1.807) is 5.06 Å². The van der Waals surface area contributed by atoms with Crippen molar-refractivity contribution >= 4 is 15.8 Å². The predicted molar refractivity (Wildman–Crippen MR) is 81.3 cm³/mol. The van der Waals surface area contributed by atoms with Crippen LogP contribution in [0, 0.1) is 5.92 Å². The lowest BCUT2D eigenvalue weighted by atomic mass is 10.0. The number of carbonyl (C=O) groups excluding carboxylic acids is 1. The quantitative estimate of drug-likeness (QED) is 0.414. The second-order valence-corrected chi connectivity index (χ2v) is 7.00. The monoisotopic (exact) mass is 324 g/mol. The molecule has 0 aromatic heterocycles. The van der Waals surface area contributed by atoms with Gasteiger partial charge in [-0.1, -0.05) is 20.8 Å². The van der Waals surface area contributed by atoms with E-state index in [0.717, 1.165) is 12.7 Å². The van der Waals surface area contributed by atoms with E-state index in [4.69, 9.17) is 9.57 Å². The summed E-state index contributed by atoms with van der Waals surface area (Å²) in [5, 5.41) is 1.65. The summed E-state index contributed by atoms with van der Waals surface area (Å²) in [7, 11) is -1.71. The minimum Gasteiger partial charge on any atom is -0.372 e. The Morgan fingerprint density at radius 2 is 1.95 bits per heavy atom. The molecule has 0 heterocycles. The lowest BCUT2D eigenvalue weighted by Gasteiger charge is -2.26. The first kappa shape index (κ1) is 20.5. The molecular formula is C13H28N2O5S. The predicted octanol–water partition coefficient (Wildman–Crippen LogP) is 0.419. The number of Topliss-reactive ketones (excluding diaryl/α,β-unsaturated/α-hetero) is 1. The van der Waals surface area contributed by atoms with Crippen molar-refractivity contribution in [2.24, 2.45) is 5.92 Å². The highest BCUT2D eigenvalue weighted by atomic mass is 32.2. The standard InChI is InChI=1S/C13H28N2O5S/c1-6-8-15(20-9-7-14-21(5,17)18)10-12(19-4)13(16)11(2)3/h11-12,14H,6-10H2,1-5H3. The van der Waals surface area contributed by atoms with Crippen LogP contribution in [0.4, 0.5) is 0 Å². The van der Waals surface area contributed by atoms with E-state index in [1.807, 2.05) is 20.8 Å². The van der Waals surface area contributed by atoms with Crippen LogP contribution in [-0.4, -0.2) is 65.0 Å². The van der Waals surface area contributed by atoms with Gasteiger partial charge in [0.25, 0.3) is 0 Å². The molecule has 0 rings (SSSR count). The highest BCUT2D eigenvalue weighted by Crippen LogP contribution is 2.06. The second-order valence-electron chi connectivity index (χ2n) is 5.17. The number of methoxy groups -OCH3 is 1. The normalized spacial score (nSPS) is 13.9. The minimum atomic E-state index is -3.21. The summed E-state index contributed by atoms with van der Waals surface area (Å²) < 4.78 is 29.5. The maximum atomic E-state index is 12.0. The Hall–Kier alpha value is -0.540. The zero-order valence-corrected chi connectivity index (χ0v) is 14.4. The summed E-state index contributed by atoms with van der Waals surface area (Å²) in [6, 6.07) is 0. The number of carbonyl (C=O) groups is 1. The van der Waals surface area contributed by atoms with Crippen LogP contribution in [0.2, 0.25) is 0 Å². The van der Waals surface area contributed by atoms with Gasteiger partial charge in [0.1, 0.15) is 6.10 Å². The van der Waals surface area contributed by atoms with E-state index in [9.17, 15) is 13.2 Å². The van der Waals surface area contributed by atoms with E-state index in [1.165, 1.54) is 7.11 Å². The van der Waals surface area contributed by atoms with Crippen molar-refractivity contribution in [2.45, 2.75) is 33.3 Å². The maximum absolute atomic E-state index is 12.0. The van der Waals surface area contributed by atoms with Crippen molar-refractivity contribution in [2.75, 3.05) is 39.6 Å². The highest BCUT2D eigenvalue weighted by molar-refractivity contribution is 7.88. The fourth-order valence-corrected chi connectivity index (χ4v) is 2.15. The number of nitrogens with zero attached hydrogens (tertiary/aromatic N) is 1. The largest absolute Gasteiger partial charge is 0.372 e.